The monoisotopic (exact) mass is 307 g/mol. The second kappa shape index (κ2) is 7.19. The van der Waals surface area contributed by atoms with E-state index in [1.54, 1.807) is 10.9 Å². The molecule has 0 radical (unpaired) electrons. The van der Waals surface area contributed by atoms with Crippen molar-refractivity contribution in [3.05, 3.63) is 42.2 Å². The third kappa shape index (κ3) is 3.80. The van der Waals surface area contributed by atoms with Gasteiger partial charge in [-0.2, -0.15) is 0 Å². The number of amides is 1. The highest BCUT2D eigenvalue weighted by molar-refractivity contribution is 5.91. The van der Waals surface area contributed by atoms with Crippen molar-refractivity contribution in [3.8, 4) is 5.69 Å². The summed E-state index contributed by atoms with van der Waals surface area (Å²) in [5, 5.41) is 14.1. The quantitative estimate of drug-likeness (QED) is 0.889. The number of nitrogens with zero attached hydrogens (tertiary/aromatic N) is 3. The van der Waals surface area contributed by atoms with Gasteiger partial charge in [0.05, 0.1) is 11.9 Å². The van der Waals surface area contributed by atoms with Crippen LogP contribution < -0.4 is 10.6 Å². The minimum atomic E-state index is -0.180. The van der Waals surface area contributed by atoms with E-state index in [0.29, 0.717) is 18.3 Å². The van der Waals surface area contributed by atoms with Gasteiger partial charge in [-0.1, -0.05) is 23.4 Å². The van der Waals surface area contributed by atoms with Crippen molar-refractivity contribution < 1.29 is 4.79 Å². The molecule has 1 aliphatic rings. The molecule has 0 bridgehead atoms. The van der Waals surface area contributed by atoms with E-state index in [1.807, 2.05) is 30.3 Å². The topological polar surface area (TPSA) is 71.8 Å². The summed E-state index contributed by atoms with van der Waals surface area (Å²) in [6.45, 7) is 1.67. The first-order chi connectivity index (χ1) is 9.83. The molecule has 0 saturated carbocycles. The molecule has 1 fully saturated rings. The Hall–Kier alpha value is -1.92. The Morgan fingerprint density at radius 1 is 1.38 bits per heavy atom. The Balaban J connectivity index is 0.00000161. The number of carbonyl (C=O) groups is 1. The van der Waals surface area contributed by atoms with Crippen molar-refractivity contribution in [2.75, 3.05) is 13.1 Å². The smallest absolute Gasteiger partial charge is 0.273 e. The summed E-state index contributed by atoms with van der Waals surface area (Å²) in [6.07, 6.45) is 3.93. The molecule has 2 aromatic rings. The number of halogens is 1. The number of hydrogen-bond donors (Lipinski definition) is 2. The van der Waals surface area contributed by atoms with Gasteiger partial charge in [0.15, 0.2) is 5.69 Å². The zero-order valence-electron chi connectivity index (χ0n) is 11.5. The van der Waals surface area contributed by atoms with Crippen LogP contribution in [0.4, 0.5) is 0 Å². The van der Waals surface area contributed by atoms with Crippen molar-refractivity contribution in [2.24, 2.45) is 0 Å². The van der Waals surface area contributed by atoms with E-state index in [2.05, 4.69) is 20.9 Å². The summed E-state index contributed by atoms with van der Waals surface area (Å²) in [5.41, 5.74) is 1.23. The first-order valence-electron chi connectivity index (χ1n) is 6.82. The van der Waals surface area contributed by atoms with Crippen molar-refractivity contribution in [2.45, 2.75) is 18.9 Å². The lowest BCUT2D eigenvalue weighted by Gasteiger charge is -2.09. The van der Waals surface area contributed by atoms with Crippen LogP contribution in [-0.4, -0.2) is 40.0 Å². The molecule has 0 spiro atoms. The third-order valence-electron chi connectivity index (χ3n) is 3.42. The van der Waals surface area contributed by atoms with E-state index in [-0.39, 0.29) is 18.3 Å². The Morgan fingerprint density at radius 3 is 2.90 bits per heavy atom. The van der Waals surface area contributed by atoms with Gasteiger partial charge in [-0.3, -0.25) is 4.79 Å². The molecule has 1 aromatic carbocycles. The van der Waals surface area contributed by atoms with E-state index in [0.717, 1.165) is 18.7 Å². The van der Waals surface area contributed by atoms with Crippen molar-refractivity contribution in [1.82, 2.24) is 25.6 Å². The lowest BCUT2D eigenvalue weighted by atomic mass is 10.2. The predicted octanol–water partition coefficient (Wildman–Crippen LogP) is 1.17. The fourth-order valence-electron chi connectivity index (χ4n) is 2.31. The molecular formula is C14H18ClN5O. The number of para-hydroxylation sites is 1. The summed E-state index contributed by atoms with van der Waals surface area (Å²) in [4.78, 5) is 12.0. The predicted molar refractivity (Wildman–Crippen MR) is 82.0 cm³/mol. The largest absolute Gasteiger partial charge is 0.349 e. The molecule has 7 heteroatoms. The molecular weight excluding hydrogens is 290 g/mol. The highest BCUT2D eigenvalue weighted by atomic mass is 35.5. The SMILES string of the molecule is Cl.O=C(NCC1CCCN1)c1cn(-c2ccccc2)nn1. The maximum absolute atomic E-state index is 12.0. The van der Waals surface area contributed by atoms with Crippen molar-refractivity contribution >= 4 is 18.3 Å². The molecule has 2 N–H and O–H groups in total. The first-order valence-corrected chi connectivity index (χ1v) is 6.82. The highest BCUT2D eigenvalue weighted by Crippen LogP contribution is 2.06. The normalized spacial score (nSPS) is 17.2. The van der Waals surface area contributed by atoms with Crippen LogP contribution in [0.1, 0.15) is 23.3 Å². The average Bonchev–Trinajstić information content (AvgIpc) is 3.17. The van der Waals surface area contributed by atoms with Gasteiger partial charge in [0.2, 0.25) is 0 Å². The van der Waals surface area contributed by atoms with Gasteiger partial charge in [-0.25, -0.2) is 4.68 Å². The number of aromatic nitrogens is 3. The molecule has 3 rings (SSSR count). The summed E-state index contributed by atoms with van der Waals surface area (Å²) in [7, 11) is 0. The molecule has 1 aliphatic heterocycles. The van der Waals surface area contributed by atoms with E-state index in [1.165, 1.54) is 6.42 Å². The molecule has 112 valence electrons. The molecule has 21 heavy (non-hydrogen) atoms. The lowest BCUT2D eigenvalue weighted by Crippen LogP contribution is -2.37. The number of carbonyl (C=O) groups excluding carboxylic acids is 1. The first kappa shape index (κ1) is 15.5. The number of hydrogen-bond acceptors (Lipinski definition) is 4. The zero-order valence-corrected chi connectivity index (χ0v) is 12.3. The van der Waals surface area contributed by atoms with Gasteiger partial charge in [-0.15, -0.1) is 17.5 Å². The van der Waals surface area contributed by atoms with Gasteiger partial charge in [0.25, 0.3) is 5.91 Å². The Bertz CT molecular complexity index is 580. The summed E-state index contributed by atoms with van der Waals surface area (Å²) >= 11 is 0. The zero-order chi connectivity index (χ0) is 13.8. The second-order valence-electron chi connectivity index (χ2n) is 4.89. The minimum absolute atomic E-state index is 0. The minimum Gasteiger partial charge on any atom is -0.349 e. The Labute approximate surface area is 129 Å². The van der Waals surface area contributed by atoms with E-state index < -0.39 is 0 Å². The van der Waals surface area contributed by atoms with Gasteiger partial charge in [-0.05, 0) is 31.5 Å². The Kier molecular flexibility index (Phi) is 5.30. The Morgan fingerprint density at radius 2 is 2.19 bits per heavy atom. The lowest BCUT2D eigenvalue weighted by molar-refractivity contribution is 0.0945. The van der Waals surface area contributed by atoms with Gasteiger partial charge in [0, 0.05) is 12.6 Å². The van der Waals surface area contributed by atoms with E-state index in [9.17, 15) is 4.79 Å². The van der Waals surface area contributed by atoms with Crippen molar-refractivity contribution in [1.29, 1.82) is 0 Å². The maximum atomic E-state index is 12.0. The fourth-order valence-corrected chi connectivity index (χ4v) is 2.31. The molecule has 1 unspecified atom stereocenters. The summed E-state index contributed by atoms with van der Waals surface area (Å²) < 4.78 is 1.60. The van der Waals surface area contributed by atoms with Crippen LogP contribution in [0.2, 0.25) is 0 Å². The summed E-state index contributed by atoms with van der Waals surface area (Å²) in [5.74, 6) is -0.180. The molecule has 1 saturated heterocycles. The standard InChI is InChI=1S/C14H17N5O.ClH/c20-14(16-9-11-5-4-8-15-11)13-10-19(18-17-13)12-6-2-1-3-7-12;/h1-3,6-7,10-11,15H,4-5,8-9H2,(H,16,20);1H. The van der Waals surface area contributed by atoms with Crippen molar-refractivity contribution in [3.63, 3.8) is 0 Å². The third-order valence-corrected chi connectivity index (χ3v) is 3.42. The van der Waals surface area contributed by atoms with Crippen LogP contribution in [0.3, 0.4) is 0 Å². The molecule has 0 aliphatic carbocycles. The van der Waals surface area contributed by atoms with E-state index in [4.69, 9.17) is 0 Å². The molecule has 1 atom stereocenters. The second-order valence-corrected chi connectivity index (χ2v) is 4.89. The van der Waals surface area contributed by atoms with Crippen LogP contribution in [0, 0.1) is 0 Å². The van der Waals surface area contributed by atoms with Crippen LogP contribution >= 0.6 is 12.4 Å². The average molecular weight is 308 g/mol. The van der Waals surface area contributed by atoms with Gasteiger partial charge in [0.1, 0.15) is 0 Å². The maximum Gasteiger partial charge on any atom is 0.273 e. The fraction of sp³-hybridized carbons (Fsp3) is 0.357. The van der Waals surface area contributed by atoms with Crippen LogP contribution in [0.15, 0.2) is 36.5 Å². The molecule has 2 heterocycles. The number of rotatable bonds is 4. The van der Waals surface area contributed by atoms with Gasteiger partial charge >= 0.3 is 0 Å². The number of nitrogens with one attached hydrogen (secondary N) is 2. The van der Waals surface area contributed by atoms with Crippen LogP contribution in [0.25, 0.3) is 5.69 Å². The highest BCUT2D eigenvalue weighted by Gasteiger charge is 2.16. The van der Waals surface area contributed by atoms with Crippen LogP contribution in [-0.2, 0) is 0 Å². The molecule has 6 nitrogen and oxygen atoms in total. The van der Waals surface area contributed by atoms with Crippen LogP contribution in [0.5, 0.6) is 0 Å². The molecule has 1 aromatic heterocycles. The van der Waals surface area contributed by atoms with Gasteiger partial charge < -0.3 is 10.6 Å². The van der Waals surface area contributed by atoms with E-state index >= 15 is 0 Å². The summed E-state index contributed by atoms with van der Waals surface area (Å²) in [6, 6.07) is 9.98. The molecule has 1 amide bonds. The number of benzene rings is 1.